The van der Waals surface area contributed by atoms with E-state index in [1.807, 2.05) is 4.57 Å². The highest BCUT2D eigenvalue weighted by Gasteiger charge is 2.15. The number of rotatable bonds is 2. The van der Waals surface area contributed by atoms with Gasteiger partial charge in [-0.1, -0.05) is 0 Å². The first-order valence-corrected chi connectivity index (χ1v) is 4.85. The third kappa shape index (κ3) is 2.19. The Morgan fingerprint density at radius 2 is 2.62 bits per heavy atom. The molecule has 1 unspecified atom stereocenters. The monoisotopic (exact) mass is 201 g/mol. The Balaban J connectivity index is 1.93. The van der Waals surface area contributed by atoms with Gasteiger partial charge in [-0.25, -0.2) is 0 Å². The van der Waals surface area contributed by atoms with Crippen LogP contribution in [0.15, 0.2) is 6.33 Å². The average Bonchev–Trinajstić information content (AvgIpc) is 2.54. The van der Waals surface area contributed by atoms with Gasteiger partial charge in [0, 0.05) is 19.1 Å². The van der Waals surface area contributed by atoms with Crippen LogP contribution in [0.25, 0.3) is 0 Å². The molecule has 0 aromatic carbocycles. The lowest BCUT2D eigenvalue weighted by Gasteiger charge is -2.22. The van der Waals surface area contributed by atoms with Crippen molar-refractivity contribution in [3.8, 4) is 0 Å². The molecule has 1 aliphatic rings. The number of hydrogen-bond donors (Lipinski definition) is 0. The number of halogens is 1. The highest BCUT2D eigenvalue weighted by molar-refractivity contribution is 6.28. The van der Waals surface area contributed by atoms with E-state index in [2.05, 4.69) is 10.2 Å². The van der Waals surface area contributed by atoms with Gasteiger partial charge in [0.05, 0.1) is 6.61 Å². The van der Waals surface area contributed by atoms with Gasteiger partial charge in [-0.15, -0.1) is 10.2 Å². The maximum atomic E-state index is 5.81. The lowest BCUT2D eigenvalue weighted by atomic mass is 10.0. The topological polar surface area (TPSA) is 39.9 Å². The molecule has 0 aliphatic carbocycles. The van der Waals surface area contributed by atoms with Gasteiger partial charge in [-0.3, -0.25) is 0 Å². The quantitative estimate of drug-likeness (QED) is 0.726. The minimum atomic E-state index is 0.463. The Labute approximate surface area is 81.9 Å². The zero-order valence-corrected chi connectivity index (χ0v) is 8.07. The summed E-state index contributed by atoms with van der Waals surface area (Å²) in [6, 6.07) is 0. The summed E-state index contributed by atoms with van der Waals surface area (Å²) in [6.07, 6.45) is 4.01. The number of aromatic nitrogens is 3. The minimum Gasteiger partial charge on any atom is -0.381 e. The van der Waals surface area contributed by atoms with Crippen LogP contribution in [0.2, 0.25) is 5.28 Å². The van der Waals surface area contributed by atoms with Crippen molar-refractivity contribution in [1.29, 1.82) is 0 Å². The van der Waals surface area contributed by atoms with Crippen molar-refractivity contribution in [2.75, 3.05) is 13.2 Å². The SMILES string of the molecule is Clc1nncn1CC1CCCOC1. The average molecular weight is 202 g/mol. The highest BCUT2D eigenvalue weighted by Crippen LogP contribution is 2.17. The minimum absolute atomic E-state index is 0.463. The predicted octanol–water partition coefficient (Wildman–Crippen LogP) is 1.36. The van der Waals surface area contributed by atoms with E-state index >= 15 is 0 Å². The molecule has 0 saturated carbocycles. The molecule has 1 saturated heterocycles. The number of nitrogens with zero attached hydrogens (tertiary/aromatic N) is 3. The molecule has 1 aliphatic heterocycles. The van der Waals surface area contributed by atoms with Crippen molar-refractivity contribution in [3.05, 3.63) is 11.6 Å². The van der Waals surface area contributed by atoms with Gasteiger partial charge < -0.3 is 9.30 Å². The van der Waals surface area contributed by atoms with E-state index in [1.165, 1.54) is 6.42 Å². The lowest BCUT2D eigenvalue weighted by molar-refractivity contribution is 0.0483. The van der Waals surface area contributed by atoms with E-state index in [1.54, 1.807) is 6.33 Å². The molecule has 72 valence electrons. The molecule has 0 bridgehead atoms. The molecular formula is C8H12ClN3O. The standard InChI is InChI=1S/C8H12ClN3O/c9-8-11-10-6-12(8)4-7-2-1-3-13-5-7/h6-7H,1-5H2. The van der Waals surface area contributed by atoms with Crippen molar-refractivity contribution in [2.45, 2.75) is 19.4 Å². The fourth-order valence-corrected chi connectivity index (χ4v) is 1.75. The van der Waals surface area contributed by atoms with Crippen molar-refractivity contribution in [1.82, 2.24) is 14.8 Å². The Bertz CT molecular complexity index is 270. The predicted molar refractivity (Wildman–Crippen MR) is 48.6 cm³/mol. The largest absolute Gasteiger partial charge is 0.381 e. The third-order valence-electron chi connectivity index (χ3n) is 2.28. The van der Waals surface area contributed by atoms with Crippen LogP contribution in [0.4, 0.5) is 0 Å². The lowest BCUT2D eigenvalue weighted by Crippen LogP contribution is -2.21. The molecule has 0 spiro atoms. The second-order valence-corrected chi connectivity index (χ2v) is 3.67. The molecule has 1 aromatic heterocycles. The summed E-state index contributed by atoms with van der Waals surface area (Å²) in [6.45, 7) is 2.59. The Hall–Kier alpha value is -0.610. The molecule has 0 radical (unpaired) electrons. The van der Waals surface area contributed by atoms with E-state index < -0.39 is 0 Å². The van der Waals surface area contributed by atoms with Crippen LogP contribution >= 0.6 is 11.6 Å². The Morgan fingerprint density at radius 1 is 1.69 bits per heavy atom. The van der Waals surface area contributed by atoms with Crippen molar-refractivity contribution < 1.29 is 4.74 Å². The van der Waals surface area contributed by atoms with Crippen LogP contribution in [-0.4, -0.2) is 28.0 Å². The van der Waals surface area contributed by atoms with Gasteiger partial charge in [0.1, 0.15) is 6.33 Å². The molecule has 2 rings (SSSR count). The maximum absolute atomic E-state index is 5.81. The molecule has 4 nitrogen and oxygen atoms in total. The van der Waals surface area contributed by atoms with Crippen molar-refractivity contribution >= 4 is 11.6 Å². The molecule has 1 atom stereocenters. The molecule has 0 amide bonds. The fourth-order valence-electron chi connectivity index (χ4n) is 1.59. The number of ether oxygens (including phenoxy) is 1. The van der Waals surface area contributed by atoms with E-state index in [4.69, 9.17) is 16.3 Å². The summed E-state index contributed by atoms with van der Waals surface area (Å²) in [5.74, 6) is 0.558. The van der Waals surface area contributed by atoms with Crippen molar-refractivity contribution in [3.63, 3.8) is 0 Å². The van der Waals surface area contributed by atoms with E-state index in [9.17, 15) is 0 Å². The van der Waals surface area contributed by atoms with Gasteiger partial charge >= 0.3 is 0 Å². The van der Waals surface area contributed by atoms with Gasteiger partial charge in [-0.05, 0) is 24.4 Å². The van der Waals surface area contributed by atoms with Crippen LogP contribution in [0, 0.1) is 5.92 Å². The first-order chi connectivity index (χ1) is 6.36. The van der Waals surface area contributed by atoms with E-state index in [0.29, 0.717) is 11.2 Å². The first-order valence-electron chi connectivity index (χ1n) is 4.47. The summed E-state index contributed by atoms with van der Waals surface area (Å²) in [4.78, 5) is 0. The van der Waals surface area contributed by atoms with Crippen LogP contribution in [-0.2, 0) is 11.3 Å². The molecular weight excluding hydrogens is 190 g/mol. The molecule has 1 aromatic rings. The van der Waals surface area contributed by atoms with Crippen LogP contribution < -0.4 is 0 Å². The summed E-state index contributed by atoms with van der Waals surface area (Å²) in [7, 11) is 0. The second-order valence-electron chi connectivity index (χ2n) is 3.34. The van der Waals surface area contributed by atoms with Gasteiger partial charge in [0.2, 0.25) is 5.28 Å². The summed E-state index contributed by atoms with van der Waals surface area (Å²) in [5, 5.41) is 7.91. The van der Waals surface area contributed by atoms with Gasteiger partial charge in [-0.2, -0.15) is 0 Å². The Kier molecular flexibility index (Phi) is 2.80. The van der Waals surface area contributed by atoms with Crippen LogP contribution in [0.1, 0.15) is 12.8 Å². The van der Waals surface area contributed by atoms with Crippen LogP contribution in [0.3, 0.4) is 0 Å². The highest BCUT2D eigenvalue weighted by atomic mass is 35.5. The first kappa shape index (κ1) is 8.97. The smallest absolute Gasteiger partial charge is 0.224 e. The molecule has 0 N–H and O–H groups in total. The maximum Gasteiger partial charge on any atom is 0.224 e. The zero-order valence-electron chi connectivity index (χ0n) is 7.32. The third-order valence-corrected chi connectivity index (χ3v) is 2.57. The summed E-state index contributed by atoms with van der Waals surface area (Å²) in [5.41, 5.74) is 0. The molecule has 13 heavy (non-hydrogen) atoms. The summed E-state index contributed by atoms with van der Waals surface area (Å²) >= 11 is 5.81. The van der Waals surface area contributed by atoms with E-state index in [0.717, 1.165) is 26.2 Å². The normalized spacial score (nSPS) is 23.3. The van der Waals surface area contributed by atoms with Gasteiger partial charge in [0.25, 0.3) is 0 Å². The fraction of sp³-hybridized carbons (Fsp3) is 0.750. The Morgan fingerprint density at radius 3 is 3.23 bits per heavy atom. The summed E-state index contributed by atoms with van der Waals surface area (Å²) < 4.78 is 7.24. The molecule has 1 fully saturated rings. The molecule has 2 heterocycles. The number of hydrogen-bond acceptors (Lipinski definition) is 3. The second kappa shape index (κ2) is 4.07. The zero-order chi connectivity index (χ0) is 9.10. The van der Waals surface area contributed by atoms with Gasteiger partial charge in [0.15, 0.2) is 0 Å². The van der Waals surface area contributed by atoms with E-state index in [-0.39, 0.29) is 0 Å². The van der Waals surface area contributed by atoms with Crippen molar-refractivity contribution in [2.24, 2.45) is 5.92 Å². The van der Waals surface area contributed by atoms with Crippen LogP contribution in [0.5, 0.6) is 0 Å². The molecule has 5 heteroatoms.